The molecule has 1 aliphatic rings. The summed E-state index contributed by atoms with van der Waals surface area (Å²) in [5.74, 6) is -0.109. The Morgan fingerprint density at radius 3 is 2.88 bits per heavy atom. The van der Waals surface area contributed by atoms with Crippen LogP contribution in [-0.2, 0) is 0 Å². The Balaban J connectivity index is 2.12. The maximum Gasteiger partial charge on any atom is 0.255 e. The van der Waals surface area contributed by atoms with Gasteiger partial charge in [0.2, 0.25) is 0 Å². The Morgan fingerprint density at radius 1 is 1.62 bits per heavy atom. The summed E-state index contributed by atoms with van der Waals surface area (Å²) in [5.41, 5.74) is -0.266. The molecule has 1 aromatic rings. The molecule has 0 aliphatic carbocycles. The Labute approximate surface area is 98.9 Å². The lowest BCUT2D eigenvalue weighted by Gasteiger charge is -2.18. The fourth-order valence-corrected chi connectivity index (χ4v) is 1.92. The summed E-state index contributed by atoms with van der Waals surface area (Å²) in [5, 5.41) is 10.1. The molecule has 0 saturated carbocycles. The summed E-state index contributed by atoms with van der Waals surface area (Å²) in [7, 11) is 0. The number of likely N-dealkylation sites (tertiary alicyclic amines) is 1. The van der Waals surface area contributed by atoms with Gasteiger partial charge in [-0.05, 0) is 25.5 Å². The van der Waals surface area contributed by atoms with Crippen LogP contribution in [0.3, 0.4) is 0 Å². The van der Waals surface area contributed by atoms with Gasteiger partial charge in [0.15, 0.2) is 0 Å². The van der Waals surface area contributed by atoms with Crippen LogP contribution in [0.5, 0.6) is 0 Å². The average Bonchev–Trinajstić information content (AvgIpc) is 2.59. The molecule has 5 heteroatoms. The quantitative estimate of drug-likeness (QED) is 0.754. The molecule has 1 unspecified atom stereocenters. The normalized spacial score (nSPS) is 24.8. The summed E-state index contributed by atoms with van der Waals surface area (Å²) in [4.78, 5) is 17.5. The Kier molecular flexibility index (Phi) is 2.86. The molecule has 1 aliphatic heterocycles. The minimum atomic E-state index is -0.768. The first-order valence-corrected chi connectivity index (χ1v) is 5.49. The van der Waals surface area contributed by atoms with Crippen LogP contribution >= 0.6 is 11.6 Å². The van der Waals surface area contributed by atoms with E-state index in [4.69, 9.17) is 11.6 Å². The molecule has 0 aromatic carbocycles. The predicted molar refractivity (Wildman–Crippen MR) is 60.4 cm³/mol. The van der Waals surface area contributed by atoms with Crippen molar-refractivity contribution in [2.24, 2.45) is 0 Å². The van der Waals surface area contributed by atoms with Crippen molar-refractivity contribution < 1.29 is 9.90 Å². The molecule has 0 bridgehead atoms. The molecular weight excluding hydrogens is 228 g/mol. The van der Waals surface area contributed by atoms with Crippen LogP contribution in [-0.4, -0.2) is 39.6 Å². The minimum absolute atomic E-state index is 0.109. The summed E-state index contributed by atoms with van der Waals surface area (Å²) in [6.07, 6.45) is 2.07. The lowest BCUT2D eigenvalue weighted by molar-refractivity contribution is 0.0572. The maximum absolute atomic E-state index is 12.0. The van der Waals surface area contributed by atoms with Gasteiger partial charge in [-0.2, -0.15) is 0 Å². The lowest BCUT2D eigenvalue weighted by Crippen LogP contribution is -2.33. The molecule has 1 saturated heterocycles. The third kappa shape index (κ3) is 2.33. The van der Waals surface area contributed by atoms with Crippen LogP contribution in [0.25, 0.3) is 0 Å². The van der Waals surface area contributed by atoms with Gasteiger partial charge in [0.05, 0.1) is 11.2 Å². The summed E-state index contributed by atoms with van der Waals surface area (Å²) in [6, 6.07) is 3.23. The van der Waals surface area contributed by atoms with Crippen LogP contribution in [0.1, 0.15) is 23.7 Å². The number of carbonyl (C=O) groups is 1. The Morgan fingerprint density at radius 2 is 2.38 bits per heavy atom. The molecule has 2 heterocycles. The van der Waals surface area contributed by atoms with Gasteiger partial charge in [-0.25, -0.2) is 4.98 Å². The number of nitrogens with zero attached hydrogens (tertiary/aromatic N) is 2. The molecule has 1 atom stereocenters. The zero-order chi connectivity index (χ0) is 11.8. The number of hydrogen-bond donors (Lipinski definition) is 1. The molecule has 1 aromatic heterocycles. The SMILES string of the molecule is CC1(O)CCN(C(=O)c2ccc(Cl)nc2)C1. The molecule has 86 valence electrons. The molecule has 0 spiro atoms. The van der Waals surface area contributed by atoms with Crippen molar-refractivity contribution in [1.29, 1.82) is 0 Å². The Bertz CT molecular complexity index is 403. The summed E-state index contributed by atoms with van der Waals surface area (Å²) in [6.45, 7) is 2.68. The molecular formula is C11H13ClN2O2. The van der Waals surface area contributed by atoms with Crippen molar-refractivity contribution in [3.05, 3.63) is 29.0 Å². The number of aliphatic hydroxyl groups is 1. The van der Waals surface area contributed by atoms with Gasteiger partial charge in [0.1, 0.15) is 5.15 Å². The van der Waals surface area contributed by atoms with Crippen LogP contribution < -0.4 is 0 Å². The van der Waals surface area contributed by atoms with Gasteiger partial charge in [-0.1, -0.05) is 11.6 Å². The standard InChI is InChI=1S/C11H13ClN2O2/c1-11(16)4-5-14(7-11)10(15)8-2-3-9(12)13-6-8/h2-3,6,16H,4-5,7H2,1H3. The van der Waals surface area contributed by atoms with Crippen LogP contribution in [0.15, 0.2) is 18.3 Å². The largest absolute Gasteiger partial charge is 0.388 e. The van der Waals surface area contributed by atoms with E-state index in [1.165, 1.54) is 6.20 Å². The van der Waals surface area contributed by atoms with Crippen LogP contribution in [0, 0.1) is 0 Å². The predicted octanol–water partition coefficient (Wildman–Crippen LogP) is 1.33. The molecule has 16 heavy (non-hydrogen) atoms. The van der Waals surface area contributed by atoms with E-state index in [0.29, 0.717) is 30.2 Å². The highest BCUT2D eigenvalue weighted by atomic mass is 35.5. The second kappa shape index (κ2) is 4.03. The molecule has 4 nitrogen and oxygen atoms in total. The van der Waals surface area contributed by atoms with Gasteiger partial charge in [-0.15, -0.1) is 0 Å². The van der Waals surface area contributed by atoms with E-state index in [9.17, 15) is 9.90 Å². The average molecular weight is 241 g/mol. The van der Waals surface area contributed by atoms with Gasteiger partial charge in [-0.3, -0.25) is 4.79 Å². The van der Waals surface area contributed by atoms with Crippen molar-refractivity contribution in [2.45, 2.75) is 18.9 Å². The number of β-amino-alcohol motifs (C(OH)–C–C–N with tert-alkyl or cyclic N) is 1. The molecule has 1 fully saturated rings. The molecule has 1 N–H and O–H groups in total. The first kappa shape index (κ1) is 11.4. The van der Waals surface area contributed by atoms with Crippen molar-refractivity contribution >= 4 is 17.5 Å². The zero-order valence-corrected chi connectivity index (χ0v) is 9.74. The zero-order valence-electron chi connectivity index (χ0n) is 8.98. The van der Waals surface area contributed by atoms with Crippen LogP contribution in [0.2, 0.25) is 5.15 Å². The number of hydrogen-bond acceptors (Lipinski definition) is 3. The number of pyridine rings is 1. The fraction of sp³-hybridized carbons (Fsp3) is 0.455. The summed E-state index contributed by atoms with van der Waals surface area (Å²) < 4.78 is 0. The molecule has 2 rings (SSSR count). The first-order valence-electron chi connectivity index (χ1n) is 5.11. The molecule has 1 amide bonds. The van der Waals surface area contributed by atoms with E-state index in [2.05, 4.69) is 4.98 Å². The monoisotopic (exact) mass is 240 g/mol. The third-order valence-electron chi connectivity index (χ3n) is 2.71. The maximum atomic E-state index is 12.0. The first-order chi connectivity index (χ1) is 7.48. The number of aromatic nitrogens is 1. The van der Waals surface area contributed by atoms with Crippen LogP contribution in [0.4, 0.5) is 0 Å². The van der Waals surface area contributed by atoms with Gasteiger partial charge in [0.25, 0.3) is 5.91 Å². The second-order valence-electron chi connectivity index (χ2n) is 4.34. The lowest BCUT2D eigenvalue weighted by atomic mass is 10.1. The van der Waals surface area contributed by atoms with Gasteiger partial charge < -0.3 is 10.0 Å². The minimum Gasteiger partial charge on any atom is -0.388 e. The topological polar surface area (TPSA) is 53.4 Å². The van der Waals surface area contributed by atoms with E-state index in [0.717, 1.165) is 0 Å². The highest BCUT2D eigenvalue weighted by molar-refractivity contribution is 6.29. The highest BCUT2D eigenvalue weighted by Gasteiger charge is 2.34. The van der Waals surface area contributed by atoms with E-state index in [1.807, 2.05) is 0 Å². The van der Waals surface area contributed by atoms with Crippen molar-refractivity contribution in [3.8, 4) is 0 Å². The third-order valence-corrected chi connectivity index (χ3v) is 2.94. The van der Waals surface area contributed by atoms with Gasteiger partial charge in [0, 0.05) is 19.3 Å². The van der Waals surface area contributed by atoms with Gasteiger partial charge >= 0.3 is 0 Å². The fourth-order valence-electron chi connectivity index (χ4n) is 1.80. The highest BCUT2D eigenvalue weighted by Crippen LogP contribution is 2.22. The Hall–Kier alpha value is -1.13. The van der Waals surface area contributed by atoms with E-state index < -0.39 is 5.60 Å². The number of carbonyl (C=O) groups excluding carboxylic acids is 1. The molecule has 0 radical (unpaired) electrons. The smallest absolute Gasteiger partial charge is 0.255 e. The van der Waals surface area contributed by atoms with E-state index >= 15 is 0 Å². The van der Waals surface area contributed by atoms with E-state index in [1.54, 1.807) is 24.0 Å². The van der Waals surface area contributed by atoms with E-state index in [-0.39, 0.29) is 5.91 Å². The van der Waals surface area contributed by atoms with Crippen molar-refractivity contribution in [1.82, 2.24) is 9.88 Å². The number of halogens is 1. The second-order valence-corrected chi connectivity index (χ2v) is 4.73. The number of amides is 1. The van der Waals surface area contributed by atoms with Crippen molar-refractivity contribution in [2.75, 3.05) is 13.1 Å². The van der Waals surface area contributed by atoms with Crippen molar-refractivity contribution in [3.63, 3.8) is 0 Å². The summed E-state index contributed by atoms with van der Waals surface area (Å²) >= 11 is 5.65. The number of rotatable bonds is 1.